The van der Waals surface area contributed by atoms with Gasteiger partial charge in [0.15, 0.2) is 17.1 Å². The summed E-state index contributed by atoms with van der Waals surface area (Å²) in [4.78, 5) is 4.84. The lowest BCUT2D eigenvalue weighted by Gasteiger charge is -2.14. The van der Waals surface area contributed by atoms with E-state index in [1.54, 1.807) is 20.3 Å². The number of nitrogens with one attached hydrogen (secondary N) is 1. The van der Waals surface area contributed by atoms with Gasteiger partial charge in [0.2, 0.25) is 0 Å². The monoisotopic (exact) mass is 377 g/mol. The Labute approximate surface area is 163 Å². The normalized spacial score (nSPS) is 11.5. The molecule has 0 unspecified atom stereocenters. The molecule has 0 aliphatic rings. The Balaban J connectivity index is 2.12. The number of pyridine rings is 1. The van der Waals surface area contributed by atoms with E-state index in [-0.39, 0.29) is 5.92 Å². The number of aryl methyl sites for hydroxylation is 1. The highest BCUT2D eigenvalue weighted by atomic mass is 16.5. The zero-order valence-corrected chi connectivity index (χ0v) is 16.6. The number of nitrogens with zero attached hydrogens (tertiary/aromatic N) is 2. The molecule has 144 valence electrons. The van der Waals surface area contributed by atoms with Gasteiger partial charge in [0.25, 0.3) is 0 Å². The van der Waals surface area contributed by atoms with Crippen LogP contribution in [0.3, 0.4) is 0 Å². The van der Waals surface area contributed by atoms with Crippen LogP contribution < -0.4 is 9.47 Å². The van der Waals surface area contributed by atoms with Gasteiger partial charge in [0.05, 0.1) is 19.9 Å². The molecular weight excluding hydrogens is 354 g/mol. The third kappa shape index (κ3) is 2.72. The first-order chi connectivity index (χ1) is 13.4. The minimum atomic E-state index is 0.192. The molecular formula is C22H23N3O3. The fraction of sp³-hybridized carbons (Fsp3) is 0.273. The van der Waals surface area contributed by atoms with E-state index >= 15 is 0 Å². The Kier molecular flexibility index (Phi) is 4.34. The lowest BCUT2D eigenvalue weighted by Crippen LogP contribution is -1.95. The smallest absolute Gasteiger partial charge is 0.182 e. The van der Waals surface area contributed by atoms with Gasteiger partial charge in [0, 0.05) is 27.4 Å². The maximum atomic E-state index is 10.2. The van der Waals surface area contributed by atoms with Crippen molar-refractivity contribution in [2.24, 2.45) is 0 Å². The second-order valence-electron chi connectivity index (χ2n) is 7.19. The number of benzene rings is 2. The van der Waals surface area contributed by atoms with Crippen LogP contribution in [-0.4, -0.2) is 34.5 Å². The molecule has 0 atom stereocenters. The minimum Gasteiger partial charge on any atom is -0.508 e. The van der Waals surface area contributed by atoms with Gasteiger partial charge < -0.3 is 14.6 Å². The molecule has 6 nitrogen and oxygen atoms in total. The van der Waals surface area contributed by atoms with Gasteiger partial charge in [-0.15, -0.1) is 0 Å². The highest BCUT2D eigenvalue weighted by Crippen LogP contribution is 2.41. The van der Waals surface area contributed by atoms with Crippen molar-refractivity contribution in [3.63, 3.8) is 0 Å². The molecule has 0 saturated heterocycles. The molecule has 0 spiro atoms. The Morgan fingerprint density at radius 2 is 1.68 bits per heavy atom. The lowest BCUT2D eigenvalue weighted by atomic mass is 9.95. The van der Waals surface area contributed by atoms with Gasteiger partial charge in [-0.3, -0.25) is 5.10 Å². The fourth-order valence-electron chi connectivity index (χ4n) is 3.65. The van der Waals surface area contributed by atoms with E-state index in [9.17, 15) is 5.11 Å². The SMILES string of the molecule is COc1cc2c(-c3ccc(O)c(C(C)C)c3)nc3n[nH]c(C)c3c2cc1OC. The van der Waals surface area contributed by atoms with Gasteiger partial charge in [0.1, 0.15) is 5.75 Å². The van der Waals surface area contributed by atoms with Crippen LogP contribution in [0.25, 0.3) is 33.1 Å². The molecule has 4 rings (SSSR count). The third-order valence-electron chi connectivity index (χ3n) is 5.12. The second kappa shape index (κ2) is 6.71. The summed E-state index contributed by atoms with van der Waals surface area (Å²) in [5, 5.41) is 20.5. The van der Waals surface area contributed by atoms with Crippen molar-refractivity contribution in [1.82, 2.24) is 15.2 Å². The molecule has 2 aromatic heterocycles. The predicted octanol–water partition coefficient (Wildman–Crippen LogP) is 4.93. The largest absolute Gasteiger partial charge is 0.508 e. The van der Waals surface area contributed by atoms with Crippen LogP contribution in [0.2, 0.25) is 0 Å². The Morgan fingerprint density at radius 1 is 1.00 bits per heavy atom. The van der Waals surface area contributed by atoms with E-state index < -0.39 is 0 Å². The lowest BCUT2D eigenvalue weighted by molar-refractivity contribution is 0.356. The predicted molar refractivity (Wildman–Crippen MR) is 110 cm³/mol. The molecule has 0 radical (unpaired) electrons. The van der Waals surface area contributed by atoms with E-state index in [1.165, 1.54) is 0 Å². The summed E-state index contributed by atoms with van der Waals surface area (Å²) < 4.78 is 11.0. The number of H-pyrrole nitrogens is 1. The van der Waals surface area contributed by atoms with Crippen LogP contribution in [0.1, 0.15) is 31.0 Å². The highest BCUT2D eigenvalue weighted by Gasteiger charge is 2.18. The molecule has 28 heavy (non-hydrogen) atoms. The van der Waals surface area contributed by atoms with E-state index in [0.29, 0.717) is 22.9 Å². The minimum absolute atomic E-state index is 0.192. The van der Waals surface area contributed by atoms with Crippen LogP contribution in [0.15, 0.2) is 30.3 Å². The van der Waals surface area contributed by atoms with Gasteiger partial charge >= 0.3 is 0 Å². The number of fused-ring (bicyclic) bond motifs is 3. The topological polar surface area (TPSA) is 80.3 Å². The maximum absolute atomic E-state index is 10.2. The molecule has 2 heterocycles. The van der Waals surface area contributed by atoms with Crippen molar-refractivity contribution in [2.45, 2.75) is 26.7 Å². The van der Waals surface area contributed by atoms with Crippen LogP contribution in [0, 0.1) is 6.92 Å². The van der Waals surface area contributed by atoms with Crippen molar-refractivity contribution in [3.05, 3.63) is 41.6 Å². The van der Waals surface area contributed by atoms with Gasteiger partial charge in [-0.2, -0.15) is 5.10 Å². The van der Waals surface area contributed by atoms with Crippen molar-refractivity contribution in [2.75, 3.05) is 14.2 Å². The molecule has 0 bridgehead atoms. The molecule has 6 heteroatoms. The van der Waals surface area contributed by atoms with Gasteiger partial charge in [-0.1, -0.05) is 13.8 Å². The van der Waals surface area contributed by atoms with Gasteiger partial charge in [-0.05, 0) is 48.7 Å². The number of phenols is 1. The number of methoxy groups -OCH3 is 2. The summed E-state index contributed by atoms with van der Waals surface area (Å²) in [6.45, 7) is 6.08. The summed E-state index contributed by atoms with van der Waals surface area (Å²) in [6, 6.07) is 9.51. The molecule has 0 saturated carbocycles. The molecule has 0 aliphatic heterocycles. The first-order valence-corrected chi connectivity index (χ1v) is 9.18. The highest BCUT2D eigenvalue weighted by molar-refractivity contribution is 6.12. The average Bonchev–Trinajstić information content (AvgIpc) is 3.07. The quantitative estimate of drug-likeness (QED) is 0.527. The molecule has 0 amide bonds. The van der Waals surface area contributed by atoms with Crippen LogP contribution in [0.4, 0.5) is 0 Å². The Bertz CT molecular complexity index is 1200. The van der Waals surface area contributed by atoms with Crippen molar-refractivity contribution >= 4 is 21.8 Å². The van der Waals surface area contributed by atoms with Crippen molar-refractivity contribution in [1.29, 1.82) is 0 Å². The van der Waals surface area contributed by atoms with E-state index in [4.69, 9.17) is 14.5 Å². The number of aromatic hydroxyl groups is 1. The summed E-state index contributed by atoms with van der Waals surface area (Å²) >= 11 is 0. The second-order valence-corrected chi connectivity index (χ2v) is 7.19. The molecule has 0 aliphatic carbocycles. The molecule has 0 fully saturated rings. The number of aromatic nitrogens is 3. The van der Waals surface area contributed by atoms with Crippen molar-refractivity contribution in [3.8, 4) is 28.5 Å². The van der Waals surface area contributed by atoms with E-state index in [1.807, 2.05) is 31.2 Å². The van der Waals surface area contributed by atoms with Crippen LogP contribution in [-0.2, 0) is 0 Å². The van der Waals surface area contributed by atoms with E-state index in [2.05, 4.69) is 24.0 Å². The average molecular weight is 377 g/mol. The summed E-state index contributed by atoms with van der Waals surface area (Å²) in [5.74, 6) is 1.78. The Morgan fingerprint density at radius 3 is 2.32 bits per heavy atom. The zero-order valence-electron chi connectivity index (χ0n) is 16.6. The Hall–Kier alpha value is -3.28. The fourth-order valence-corrected chi connectivity index (χ4v) is 3.65. The maximum Gasteiger partial charge on any atom is 0.182 e. The summed E-state index contributed by atoms with van der Waals surface area (Å²) in [6.07, 6.45) is 0. The molecule has 2 aromatic carbocycles. The van der Waals surface area contributed by atoms with Crippen LogP contribution >= 0.6 is 0 Å². The standard InChI is InChI=1S/C22H23N3O3/c1-11(2)14-8-13(6-7-17(14)26)21-16-10-19(28-5)18(27-4)9-15(16)20-12(3)24-25-22(20)23-21/h6-11,26H,1-5H3,(H,23,24,25). The van der Waals surface area contributed by atoms with Crippen molar-refractivity contribution < 1.29 is 14.6 Å². The number of rotatable bonds is 4. The number of hydrogen-bond donors (Lipinski definition) is 2. The van der Waals surface area contributed by atoms with Crippen LogP contribution in [0.5, 0.6) is 17.2 Å². The number of aromatic amines is 1. The number of ether oxygens (including phenoxy) is 2. The van der Waals surface area contributed by atoms with Gasteiger partial charge in [-0.25, -0.2) is 4.98 Å². The molecule has 4 aromatic rings. The number of hydrogen-bond acceptors (Lipinski definition) is 5. The first-order valence-electron chi connectivity index (χ1n) is 9.18. The first kappa shape index (κ1) is 18.1. The summed E-state index contributed by atoms with van der Waals surface area (Å²) in [7, 11) is 3.25. The molecule has 2 N–H and O–H groups in total. The van der Waals surface area contributed by atoms with E-state index in [0.717, 1.165) is 38.7 Å². The number of phenolic OH excluding ortho intramolecular Hbond substituents is 1. The third-order valence-corrected chi connectivity index (χ3v) is 5.12. The zero-order chi connectivity index (χ0) is 20.0. The summed E-state index contributed by atoms with van der Waals surface area (Å²) in [5.41, 5.74) is 4.18.